The van der Waals surface area contributed by atoms with Crippen molar-refractivity contribution >= 4 is 16.7 Å². The van der Waals surface area contributed by atoms with Gasteiger partial charge in [-0.05, 0) is 20.3 Å². The number of aryl methyl sites for hydroxylation is 1. The molecule has 1 aromatic heterocycles. The van der Waals surface area contributed by atoms with Crippen molar-refractivity contribution in [1.29, 1.82) is 0 Å². The number of nitrogens with one attached hydrogen (secondary N) is 1. The molecule has 0 aromatic carbocycles. The zero-order valence-corrected chi connectivity index (χ0v) is 10.4. The van der Waals surface area contributed by atoms with E-state index in [0.717, 1.165) is 36.9 Å². The van der Waals surface area contributed by atoms with Crippen molar-refractivity contribution in [1.82, 2.24) is 9.36 Å². The van der Waals surface area contributed by atoms with Crippen LogP contribution in [0.2, 0.25) is 0 Å². The van der Waals surface area contributed by atoms with Crippen molar-refractivity contribution < 1.29 is 4.74 Å². The minimum absolute atomic E-state index is 0.318. The zero-order chi connectivity index (χ0) is 11.1. The Morgan fingerprint density at radius 2 is 2.27 bits per heavy atom. The summed E-state index contributed by atoms with van der Waals surface area (Å²) in [6.45, 7) is 7.84. The highest BCUT2D eigenvalue weighted by Crippen LogP contribution is 2.10. The lowest BCUT2D eigenvalue weighted by Crippen LogP contribution is -2.09. The lowest BCUT2D eigenvalue weighted by molar-refractivity contribution is 0.0787. The van der Waals surface area contributed by atoms with E-state index in [4.69, 9.17) is 4.74 Å². The van der Waals surface area contributed by atoms with Crippen LogP contribution in [0.15, 0.2) is 0 Å². The minimum atomic E-state index is 0.318. The molecular weight excluding hydrogens is 210 g/mol. The Labute approximate surface area is 95.2 Å². The fourth-order valence-electron chi connectivity index (χ4n) is 1.06. The molecule has 4 nitrogen and oxygen atoms in total. The summed E-state index contributed by atoms with van der Waals surface area (Å²) in [5, 5.41) is 4.15. The molecule has 0 aliphatic rings. The largest absolute Gasteiger partial charge is 0.379 e. The molecule has 1 rings (SSSR count). The number of hydrogen-bond donors (Lipinski definition) is 1. The van der Waals surface area contributed by atoms with Crippen LogP contribution in [0.1, 0.15) is 33.0 Å². The van der Waals surface area contributed by atoms with E-state index in [1.54, 1.807) is 0 Å². The maximum atomic E-state index is 5.43. The summed E-state index contributed by atoms with van der Waals surface area (Å²) in [6.07, 6.45) is 2.21. The molecule has 0 spiro atoms. The van der Waals surface area contributed by atoms with Crippen LogP contribution in [0.25, 0.3) is 0 Å². The second-order valence-corrected chi connectivity index (χ2v) is 4.32. The monoisotopic (exact) mass is 229 g/mol. The van der Waals surface area contributed by atoms with Gasteiger partial charge in [-0.2, -0.15) is 4.37 Å². The highest BCUT2D eigenvalue weighted by molar-refractivity contribution is 7.09. The molecule has 0 aliphatic carbocycles. The molecule has 15 heavy (non-hydrogen) atoms. The smallest absolute Gasteiger partial charge is 0.202 e. The van der Waals surface area contributed by atoms with Crippen molar-refractivity contribution in [3.8, 4) is 0 Å². The molecule has 5 heteroatoms. The summed E-state index contributed by atoms with van der Waals surface area (Å²) in [5.74, 6) is 0.918. The Balaban J connectivity index is 2.09. The van der Waals surface area contributed by atoms with Crippen LogP contribution in [0.3, 0.4) is 0 Å². The van der Waals surface area contributed by atoms with Crippen LogP contribution >= 0.6 is 11.5 Å². The summed E-state index contributed by atoms with van der Waals surface area (Å²) < 4.78 is 9.63. The van der Waals surface area contributed by atoms with E-state index >= 15 is 0 Å². The lowest BCUT2D eigenvalue weighted by Gasteiger charge is -2.06. The first-order chi connectivity index (χ1) is 7.22. The summed E-state index contributed by atoms with van der Waals surface area (Å²) in [7, 11) is 0. The van der Waals surface area contributed by atoms with Crippen LogP contribution in [0.5, 0.6) is 0 Å². The highest BCUT2D eigenvalue weighted by Gasteiger charge is 2.00. The lowest BCUT2D eigenvalue weighted by atomic mass is 10.4. The Morgan fingerprint density at radius 3 is 2.87 bits per heavy atom. The molecule has 0 atom stereocenters. The number of nitrogens with zero attached hydrogens (tertiary/aromatic N) is 2. The second kappa shape index (κ2) is 6.74. The summed E-state index contributed by atoms with van der Waals surface area (Å²) in [5.41, 5.74) is 0. The molecule has 1 aromatic rings. The zero-order valence-electron chi connectivity index (χ0n) is 9.62. The van der Waals surface area contributed by atoms with Crippen LogP contribution in [0.4, 0.5) is 5.13 Å². The third-order valence-corrected chi connectivity index (χ3v) is 2.54. The molecule has 0 radical (unpaired) electrons. The number of ether oxygens (including phenoxy) is 1. The van der Waals surface area contributed by atoms with E-state index in [-0.39, 0.29) is 0 Å². The quantitative estimate of drug-likeness (QED) is 0.729. The summed E-state index contributed by atoms with van der Waals surface area (Å²) in [6, 6.07) is 0. The van der Waals surface area contributed by atoms with E-state index in [0.29, 0.717) is 6.10 Å². The van der Waals surface area contributed by atoms with Gasteiger partial charge in [0.05, 0.1) is 6.10 Å². The van der Waals surface area contributed by atoms with Crippen molar-refractivity contribution in [3.63, 3.8) is 0 Å². The Bertz CT molecular complexity index is 275. The van der Waals surface area contributed by atoms with Crippen molar-refractivity contribution in [3.05, 3.63) is 5.82 Å². The van der Waals surface area contributed by atoms with Crippen molar-refractivity contribution in [2.45, 2.75) is 39.7 Å². The van der Waals surface area contributed by atoms with E-state index in [1.165, 1.54) is 11.5 Å². The molecule has 86 valence electrons. The van der Waals surface area contributed by atoms with Gasteiger partial charge in [0.15, 0.2) is 0 Å². The van der Waals surface area contributed by atoms with Gasteiger partial charge < -0.3 is 10.1 Å². The van der Waals surface area contributed by atoms with Gasteiger partial charge in [0.25, 0.3) is 0 Å². The Hall–Kier alpha value is -0.680. The average Bonchev–Trinajstić information content (AvgIpc) is 2.65. The molecule has 0 unspecified atom stereocenters. The van der Waals surface area contributed by atoms with Gasteiger partial charge in [0.1, 0.15) is 5.82 Å². The molecule has 0 amide bonds. The number of aromatic nitrogens is 2. The first kappa shape index (κ1) is 12.4. The predicted molar refractivity (Wildman–Crippen MR) is 63.5 cm³/mol. The maximum Gasteiger partial charge on any atom is 0.202 e. The van der Waals surface area contributed by atoms with Crippen LogP contribution in [-0.4, -0.2) is 28.6 Å². The fraction of sp³-hybridized carbons (Fsp3) is 0.800. The van der Waals surface area contributed by atoms with Crippen molar-refractivity contribution in [2.24, 2.45) is 0 Å². The molecule has 0 aliphatic heterocycles. The molecular formula is C10H19N3OS. The third-order valence-electron chi connectivity index (χ3n) is 1.83. The standard InChI is InChI=1S/C10H19N3OS/c1-4-9-12-10(15-13-9)11-6-5-7-14-8(2)3/h8H,4-7H2,1-3H3,(H,11,12,13). The molecule has 0 saturated heterocycles. The van der Waals surface area contributed by atoms with E-state index in [2.05, 4.69) is 21.6 Å². The number of hydrogen-bond acceptors (Lipinski definition) is 5. The summed E-state index contributed by atoms with van der Waals surface area (Å²) >= 11 is 1.43. The van der Waals surface area contributed by atoms with Gasteiger partial charge in [0, 0.05) is 31.1 Å². The Morgan fingerprint density at radius 1 is 1.47 bits per heavy atom. The number of rotatable bonds is 7. The van der Waals surface area contributed by atoms with Gasteiger partial charge >= 0.3 is 0 Å². The molecule has 1 N–H and O–H groups in total. The normalized spacial score (nSPS) is 10.9. The van der Waals surface area contributed by atoms with Gasteiger partial charge in [-0.3, -0.25) is 0 Å². The average molecular weight is 229 g/mol. The van der Waals surface area contributed by atoms with Gasteiger partial charge in [-0.15, -0.1) is 0 Å². The first-order valence-corrected chi connectivity index (χ1v) is 6.17. The van der Waals surface area contributed by atoms with Crippen LogP contribution in [-0.2, 0) is 11.2 Å². The fourth-order valence-corrected chi connectivity index (χ4v) is 1.73. The van der Waals surface area contributed by atoms with E-state index < -0.39 is 0 Å². The van der Waals surface area contributed by atoms with Crippen LogP contribution in [0, 0.1) is 0 Å². The molecule has 1 heterocycles. The van der Waals surface area contributed by atoms with E-state index in [9.17, 15) is 0 Å². The van der Waals surface area contributed by atoms with Gasteiger partial charge in [-0.1, -0.05) is 6.92 Å². The Kier molecular flexibility index (Phi) is 5.57. The number of anilines is 1. The van der Waals surface area contributed by atoms with Crippen molar-refractivity contribution in [2.75, 3.05) is 18.5 Å². The summed E-state index contributed by atoms with van der Waals surface area (Å²) in [4.78, 5) is 4.32. The minimum Gasteiger partial charge on any atom is -0.379 e. The predicted octanol–water partition coefficient (Wildman–Crippen LogP) is 2.33. The topological polar surface area (TPSA) is 47.0 Å². The van der Waals surface area contributed by atoms with Crippen LogP contribution < -0.4 is 5.32 Å². The maximum absolute atomic E-state index is 5.43. The van der Waals surface area contributed by atoms with Gasteiger partial charge in [0.2, 0.25) is 5.13 Å². The molecule has 0 bridgehead atoms. The SMILES string of the molecule is CCc1nsc(NCCCOC(C)C)n1. The molecule has 0 fully saturated rings. The second-order valence-electron chi connectivity index (χ2n) is 3.57. The highest BCUT2D eigenvalue weighted by atomic mass is 32.1. The molecule has 0 saturated carbocycles. The first-order valence-electron chi connectivity index (χ1n) is 5.40. The van der Waals surface area contributed by atoms with Gasteiger partial charge in [-0.25, -0.2) is 4.98 Å². The van der Waals surface area contributed by atoms with E-state index in [1.807, 2.05) is 13.8 Å². The third kappa shape index (κ3) is 5.09.